The van der Waals surface area contributed by atoms with Crippen LogP contribution in [0.5, 0.6) is 0 Å². The quantitative estimate of drug-likeness (QED) is 0.830. The Morgan fingerprint density at radius 2 is 2.33 bits per heavy atom. The van der Waals surface area contributed by atoms with Crippen LogP contribution in [0.2, 0.25) is 0 Å². The van der Waals surface area contributed by atoms with E-state index in [0.29, 0.717) is 0 Å². The third-order valence-electron chi connectivity index (χ3n) is 2.07. The van der Waals surface area contributed by atoms with Gasteiger partial charge in [0.2, 0.25) is 0 Å². The fourth-order valence-electron chi connectivity index (χ4n) is 1.30. The molecule has 0 spiro atoms. The molecule has 0 bridgehead atoms. The van der Waals surface area contributed by atoms with Crippen molar-refractivity contribution in [2.75, 3.05) is 5.32 Å². The van der Waals surface area contributed by atoms with Gasteiger partial charge in [0.1, 0.15) is 0 Å². The Kier molecular flexibility index (Phi) is 3.32. The second-order valence-corrected chi connectivity index (χ2v) is 3.91. The number of nitrogens with one attached hydrogen (secondary N) is 1. The van der Waals surface area contributed by atoms with Gasteiger partial charge in [0.05, 0.1) is 24.4 Å². The molecule has 3 nitrogen and oxygen atoms in total. The third-order valence-corrected chi connectivity index (χ3v) is 2.70. The lowest BCUT2D eigenvalue weighted by molar-refractivity contribution is 0.282. The molecular formula is C11H12N2OS. The molecule has 0 aliphatic carbocycles. The number of benzene rings is 1. The molecule has 0 unspecified atom stereocenters. The molecule has 0 aliphatic rings. The van der Waals surface area contributed by atoms with Crippen LogP contribution in [0.1, 0.15) is 11.3 Å². The summed E-state index contributed by atoms with van der Waals surface area (Å²) in [7, 11) is 0. The summed E-state index contributed by atoms with van der Waals surface area (Å²) >= 11 is 1.59. The predicted octanol–water partition coefficient (Wildman–Crippen LogP) is 2.25. The minimum atomic E-state index is 0.0756. The lowest BCUT2D eigenvalue weighted by Crippen LogP contribution is -1.99. The highest BCUT2D eigenvalue weighted by molar-refractivity contribution is 7.07. The highest BCUT2D eigenvalue weighted by Crippen LogP contribution is 2.12. The Labute approximate surface area is 92.4 Å². The van der Waals surface area contributed by atoms with E-state index in [-0.39, 0.29) is 6.61 Å². The summed E-state index contributed by atoms with van der Waals surface area (Å²) in [6, 6.07) is 7.74. The molecule has 78 valence electrons. The summed E-state index contributed by atoms with van der Waals surface area (Å²) in [5.74, 6) is 0. The van der Waals surface area contributed by atoms with E-state index in [1.54, 1.807) is 11.3 Å². The molecule has 2 rings (SSSR count). The monoisotopic (exact) mass is 220 g/mol. The number of aliphatic hydroxyl groups is 1. The van der Waals surface area contributed by atoms with Crippen LogP contribution in [-0.4, -0.2) is 10.1 Å². The van der Waals surface area contributed by atoms with Gasteiger partial charge in [0.15, 0.2) is 0 Å². The molecule has 2 N–H and O–H groups in total. The smallest absolute Gasteiger partial charge is 0.0795 e. The van der Waals surface area contributed by atoms with Crippen LogP contribution in [0.3, 0.4) is 0 Å². The van der Waals surface area contributed by atoms with Crippen molar-refractivity contribution >= 4 is 17.0 Å². The van der Waals surface area contributed by atoms with Gasteiger partial charge < -0.3 is 10.4 Å². The van der Waals surface area contributed by atoms with Gasteiger partial charge in [-0.1, -0.05) is 12.1 Å². The molecule has 0 fully saturated rings. The fourth-order valence-corrected chi connectivity index (χ4v) is 1.86. The molecule has 0 radical (unpaired) electrons. The number of anilines is 1. The van der Waals surface area contributed by atoms with E-state index in [0.717, 1.165) is 23.5 Å². The molecule has 0 saturated carbocycles. The van der Waals surface area contributed by atoms with Crippen LogP contribution in [0, 0.1) is 0 Å². The number of hydrogen-bond donors (Lipinski definition) is 2. The zero-order valence-corrected chi connectivity index (χ0v) is 9.00. The molecule has 2 aromatic rings. The van der Waals surface area contributed by atoms with E-state index in [1.165, 1.54) is 0 Å². The van der Waals surface area contributed by atoms with Crippen LogP contribution < -0.4 is 5.32 Å². The first-order valence-electron chi connectivity index (χ1n) is 4.69. The van der Waals surface area contributed by atoms with Crippen molar-refractivity contribution in [2.45, 2.75) is 13.2 Å². The molecule has 0 atom stereocenters. The predicted molar refractivity (Wildman–Crippen MR) is 61.8 cm³/mol. The maximum absolute atomic E-state index is 8.98. The number of rotatable bonds is 4. The Hall–Kier alpha value is -1.39. The summed E-state index contributed by atoms with van der Waals surface area (Å²) in [6.07, 6.45) is 0. The SMILES string of the molecule is OCc1cccc(NCc2cscn2)c1. The van der Waals surface area contributed by atoms with Crippen molar-refractivity contribution in [3.05, 3.63) is 46.4 Å². The van der Waals surface area contributed by atoms with Crippen molar-refractivity contribution in [1.29, 1.82) is 0 Å². The van der Waals surface area contributed by atoms with Gasteiger partial charge in [-0.3, -0.25) is 0 Å². The second kappa shape index (κ2) is 4.91. The van der Waals surface area contributed by atoms with Crippen LogP contribution in [0.4, 0.5) is 5.69 Å². The van der Waals surface area contributed by atoms with Gasteiger partial charge in [-0.15, -0.1) is 11.3 Å². The first kappa shape index (κ1) is 10.1. The maximum atomic E-state index is 8.98. The zero-order valence-electron chi connectivity index (χ0n) is 8.18. The lowest BCUT2D eigenvalue weighted by Gasteiger charge is -2.05. The molecule has 1 aromatic heterocycles. The summed E-state index contributed by atoms with van der Waals surface area (Å²) in [4.78, 5) is 4.18. The second-order valence-electron chi connectivity index (χ2n) is 3.19. The molecule has 4 heteroatoms. The summed E-state index contributed by atoms with van der Waals surface area (Å²) in [6.45, 7) is 0.796. The topological polar surface area (TPSA) is 45.1 Å². The van der Waals surface area contributed by atoms with E-state index in [2.05, 4.69) is 10.3 Å². The van der Waals surface area contributed by atoms with Gasteiger partial charge in [-0.05, 0) is 17.7 Å². The van der Waals surface area contributed by atoms with Gasteiger partial charge in [-0.2, -0.15) is 0 Å². The molecular weight excluding hydrogens is 208 g/mol. The van der Waals surface area contributed by atoms with Crippen molar-refractivity contribution in [1.82, 2.24) is 4.98 Å². The Morgan fingerprint density at radius 3 is 3.07 bits per heavy atom. The number of nitrogens with zero attached hydrogens (tertiary/aromatic N) is 1. The maximum Gasteiger partial charge on any atom is 0.0795 e. The number of aromatic nitrogens is 1. The van der Waals surface area contributed by atoms with Crippen molar-refractivity contribution in [2.24, 2.45) is 0 Å². The highest BCUT2D eigenvalue weighted by atomic mass is 32.1. The molecule has 0 aliphatic heterocycles. The van der Waals surface area contributed by atoms with Crippen molar-refractivity contribution < 1.29 is 5.11 Å². The first-order chi connectivity index (χ1) is 7.38. The van der Waals surface area contributed by atoms with Crippen LogP contribution in [-0.2, 0) is 13.2 Å². The van der Waals surface area contributed by atoms with E-state index < -0.39 is 0 Å². The summed E-state index contributed by atoms with van der Waals surface area (Å²) in [5.41, 5.74) is 4.78. The molecule has 0 amide bonds. The average molecular weight is 220 g/mol. The van der Waals surface area contributed by atoms with Gasteiger partial charge in [0, 0.05) is 11.1 Å². The number of thiazole rings is 1. The number of aliphatic hydroxyl groups excluding tert-OH is 1. The van der Waals surface area contributed by atoms with E-state index in [9.17, 15) is 0 Å². The molecule has 1 aromatic carbocycles. The molecule has 15 heavy (non-hydrogen) atoms. The Balaban J connectivity index is 1.98. The third kappa shape index (κ3) is 2.78. The van der Waals surface area contributed by atoms with E-state index in [1.807, 2.05) is 35.2 Å². The summed E-state index contributed by atoms with van der Waals surface area (Å²) in [5, 5.41) is 14.2. The van der Waals surface area contributed by atoms with Gasteiger partial charge >= 0.3 is 0 Å². The average Bonchev–Trinajstić information content (AvgIpc) is 2.79. The van der Waals surface area contributed by atoms with Crippen LogP contribution in [0.15, 0.2) is 35.2 Å². The normalized spacial score (nSPS) is 10.2. The van der Waals surface area contributed by atoms with Gasteiger partial charge in [-0.25, -0.2) is 4.98 Å². The van der Waals surface area contributed by atoms with Crippen molar-refractivity contribution in [3.8, 4) is 0 Å². The van der Waals surface area contributed by atoms with Crippen LogP contribution >= 0.6 is 11.3 Å². The van der Waals surface area contributed by atoms with E-state index >= 15 is 0 Å². The van der Waals surface area contributed by atoms with Crippen LogP contribution in [0.25, 0.3) is 0 Å². The fraction of sp³-hybridized carbons (Fsp3) is 0.182. The minimum Gasteiger partial charge on any atom is -0.392 e. The van der Waals surface area contributed by atoms with Crippen molar-refractivity contribution in [3.63, 3.8) is 0 Å². The Morgan fingerprint density at radius 1 is 1.40 bits per heavy atom. The summed E-state index contributed by atoms with van der Waals surface area (Å²) < 4.78 is 0. The lowest BCUT2D eigenvalue weighted by atomic mass is 10.2. The van der Waals surface area contributed by atoms with Gasteiger partial charge in [0.25, 0.3) is 0 Å². The molecule has 0 saturated heterocycles. The Bertz CT molecular complexity index is 414. The molecule has 1 heterocycles. The van der Waals surface area contributed by atoms with E-state index in [4.69, 9.17) is 5.11 Å². The first-order valence-corrected chi connectivity index (χ1v) is 5.63. The zero-order chi connectivity index (χ0) is 10.5. The standard InChI is InChI=1S/C11H12N2OS/c14-6-9-2-1-3-10(4-9)12-5-11-7-15-8-13-11/h1-4,7-8,12,14H,5-6H2. The highest BCUT2D eigenvalue weighted by Gasteiger charge is 1.96. The minimum absolute atomic E-state index is 0.0756. The largest absolute Gasteiger partial charge is 0.392 e. The number of hydrogen-bond acceptors (Lipinski definition) is 4.